The van der Waals surface area contributed by atoms with Gasteiger partial charge < -0.3 is 0 Å². The third-order valence-corrected chi connectivity index (χ3v) is 6.61. The van der Waals surface area contributed by atoms with Crippen LogP contribution in [0.25, 0.3) is 0 Å². The summed E-state index contributed by atoms with van der Waals surface area (Å²) < 4.78 is 0. The zero-order valence-corrected chi connectivity index (χ0v) is 13.2. The van der Waals surface area contributed by atoms with Crippen molar-refractivity contribution in [1.82, 2.24) is 0 Å². The summed E-state index contributed by atoms with van der Waals surface area (Å²) in [4.78, 5) is 0. The molecular formula is C20H28. The Balaban J connectivity index is 1.74. The van der Waals surface area contributed by atoms with Gasteiger partial charge in [-0.05, 0) is 72.2 Å². The van der Waals surface area contributed by atoms with Crippen molar-refractivity contribution in [3.8, 4) is 0 Å². The normalized spacial score (nSPS) is 43.0. The average Bonchev–Trinajstić information content (AvgIpc) is 2.37. The summed E-state index contributed by atoms with van der Waals surface area (Å²) in [6.07, 6.45) is 6.07. The molecule has 20 heavy (non-hydrogen) atoms. The van der Waals surface area contributed by atoms with Crippen LogP contribution >= 0.6 is 0 Å². The lowest BCUT2D eigenvalue weighted by Gasteiger charge is -2.62. The number of benzene rings is 1. The highest BCUT2D eigenvalue weighted by molar-refractivity contribution is 5.25. The van der Waals surface area contributed by atoms with Crippen molar-refractivity contribution < 1.29 is 0 Å². The fraction of sp³-hybridized carbons (Fsp3) is 0.700. The molecule has 0 unspecified atom stereocenters. The van der Waals surface area contributed by atoms with Crippen molar-refractivity contribution >= 4 is 0 Å². The second kappa shape index (κ2) is 4.36. The van der Waals surface area contributed by atoms with Gasteiger partial charge in [-0.1, -0.05) is 51.1 Å². The van der Waals surface area contributed by atoms with Crippen molar-refractivity contribution in [3.05, 3.63) is 35.9 Å². The predicted octanol–water partition coefficient (Wildman–Crippen LogP) is 5.50. The molecule has 4 bridgehead atoms. The molecule has 1 aromatic carbocycles. The minimum atomic E-state index is 0.482. The van der Waals surface area contributed by atoms with E-state index < -0.39 is 0 Å². The topological polar surface area (TPSA) is 0 Å². The Kier molecular flexibility index (Phi) is 2.81. The SMILES string of the molecule is CC(C)(C)[C@H]1[C@H]2C[C@@H]3C[C@H](C2)[C@@H](c2ccccc2)[C@H]1C3. The van der Waals surface area contributed by atoms with E-state index >= 15 is 0 Å². The lowest BCUT2D eigenvalue weighted by Crippen LogP contribution is -2.53. The van der Waals surface area contributed by atoms with Crippen LogP contribution in [-0.2, 0) is 0 Å². The average molecular weight is 268 g/mol. The van der Waals surface area contributed by atoms with Gasteiger partial charge in [0.05, 0.1) is 0 Å². The van der Waals surface area contributed by atoms with Crippen molar-refractivity contribution in [2.45, 2.75) is 52.4 Å². The van der Waals surface area contributed by atoms with Gasteiger partial charge in [0.2, 0.25) is 0 Å². The maximum absolute atomic E-state index is 2.49. The van der Waals surface area contributed by atoms with Gasteiger partial charge in [0.25, 0.3) is 0 Å². The monoisotopic (exact) mass is 268 g/mol. The summed E-state index contributed by atoms with van der Waals surface area (Å²) in [5, 5.41) is 0. The Morgan fingerprint density at radius 2 is 1.55 bits per heavy atom. The summed E-state index contributed by atoms with van der Waals surface area (Å²) in [7, 11) is 0. The van der Waals surface area contributed by atoms with E-state index in [1.54, 1.807) is 5.56 Å². The van der Waals surface area contributed by atoms with E-state index in [4.69, 9.17) is 0 Å². The van der Waals surface area contributed by atoms with Gasteiger partial charge in [-0.25, -0.2) is 0 Å². The molecule has 0 aliphatic heterocycles. The Morgan fingerprint density at radius 1 is 0.850 bits per heavy atom. The van der Waals surface area contributed by atoms with Crippen LogP contribution in [0.5, 0.6) is 0 Å². The van der Waals surface area contributed by atoms with E-state index in [0.29, 0.717) is 5.41 Å². The zero-order valence-electron chi connectivity index (χ0n) is 13.2. The van der Waals surface area contributed by atoms with E-state index in [-0.39, 0.29) is 0 Å². The predicted molar refractivity (Wildman–Crippen MR) is 84.6 cm³/mol. The quantitative estimate of drug-likeness (QED) is 0.631. The number of hydrogen-bond acceptors (Lipinski definition) is 0. The van der Waals surface area contributed by atoms with Crippen molar-refractivity contribution in [2.24, 2.45) is 35.0 Å². The Morgan fingerprint density at radius 3 is 2.25 bits per heavy atom. The zero-order chi connectivity index (χ0) is 13.9. The molecule has 4 aliphatic carbocycles. The first-order valence-corrected chi connectivity index (χ1v) is 8.59. The molecule has 0 radical (unpaired) electrons. The van der Waals surface area contributed by atoms with Crippen molar-refractivity contribution in [2.75, 3.05) is 0 Å². The Bertz CT molecular complexity index is 481. The van der Waals surface area contributed by atoms with Crippen LogP contribution in [0.3, 0.4) is 0 Å². The third-order valence-electron chi connectivity index (χ3n) is 6.61. The Labute approximate surface area is 124 Å². The number of rotatable bonds is 1. The number of hydrogen-bond donors (Lipinski definition) is 0. The van der Waals surface area contributed by atoms with Crippen LogP contribution < -0.4 is 0 Å². The van der Waals surface area contributed by atoms with Crippen LogP contribution in [0, 0.1) is 35.0 Å². The van der Waals surface area contributed by atoms with Crippen LogP contribution in [-0.4, -0.2) is 0 Å². The molecule has 0 nitrogen and oxygen atoms in total. The summed E-state index contributed by atoms with van der Waals surface area (Å²) in [6, 6.07) is 11.4. The standard InChI is InChI=1S/C20H28/c1-20(2,3)19-16-10-13-9-15(12-16)18(17(19)11-13)14-7-5-4-6-8-14/h4-8,13,15-19H,9-12H2,1-3H3/t13-,15+,16-,17+,18+,19-/m0/s1. The maximum Gasteiger partial charge on any atom is -0.0102 e. The van der Waals surface area contributed by atoms with Crippen LogP contribution in [0.4, 0.5) is 0 Å². The first-order chi connectivity index (χ1) is 9.54. The van der Waals surface area contributed by atoms with Crippen LogP contribution in [0.15, 0.2) is 30.3 Å². The maximum atomic E-state index is 2.49. The molecule has 0 amide bonds. The van der Waals surface area contributed by atoms with Crippen LogP contribution in [0.1, 0.15) is 57.9 Å². The first kappa shape index (κ1) is 12.9. The summed E-state index contributed by atoms with van der Waals surface area (Å²) in [5.74, 6) is 5.82. The molecule has 4 aliphatic rings. The first-order valence-electron chi connectivity index (χ1n) is 8.59. The van der Waals surface area contributed by atoms with Gasteiger partial charge in [-0.3, -0.25) is 0 Å². The minimum Gasteiger partial charge on any atom is -0.0622 e. The molecule has 0 aromatic heterocycles. The molecular weight excluding hydrogens is 240 g/mol. The van der Waals surface area contributed by atoms with Crippen molar-refractivity contribution in [1.29, 1.82) is 0 Å². The molecule has 1 aromatic rings. The summed E-state index contributed by atoms with van der Waals surface area (Å²) in [5.41, 5.74) is 2.12. The molecule has 0 N–H and O–H groups in total. The lowest BCUT2D eigenvalue weighted by molar-refractivity contribution is -0.0972. The highest BCUT2D eigenvalue weighted by atomic mass is 14.6. The Hall–Kier alpha value is -0.780. The van der Waals surface area contributed by atoms with Gasteiger partial charge in [0.1, 0.15) is 0 Å². The molecule has 0 saturated heterocycles. The molecule has 5 rings (SSSR count). The second-order valence-corrected chi connectivity index (χ2v) is 8.82. The summed E-state index contributed by atoms with van der Waals surface area (Å²) in [6.45, 7) is 7.46. The highest BCUT2D eigenvalue weighted by Crippen LogP contribution is 2.65. The highest BCUT2D eigenvalue weighted by Gasteiger charge is 2.56. The van der Waals surface area contributed by atoms with E-state index in [1.807, 2.05) is 0 Å². The lowest BCUT2D eigenvalue weighted by atomic mass is 9.43. The van der Waals surface area contributed by atoms with Gasteiger partial charge >= 0.3 is 0 Å². The van der Waals surface area contributed by atoms with E-state index in [9.17, 15) is 0 Å². The molecule has 0 spiro atoms. The smallest absolute Gasteiger partial charge is 0.0102 e. The van der Waals surface area contributed by atoms with Crippen molar-refractivity contribution in [3.63, 3.8) is 0 Å². The molecule has 4 fully saturated rings. The van der Waals surface area contributed by atoms with Gasteiger partial charge in [-0.15, -0.1) is 0 Å². The van der Waals surface area contributed by atoms with Gasteiger partial charge in [0, 0.05) is 0 Å². The van der Waals surface area contributed by atoms with E-state index in [0.717, 1.165) is 35.5 Å². The third kappa shape index (κ3) is 1.87. The molecule has 0 heterocycles. The largest absolute Gasteiger partial charge is 0.0622 e. The fourth-order valence-electron chi connectivity index (χ4n) is 6.46. The molecule has 108 valence electrons. The van der Waals surface area contributed by atoms with E-state index in [1.165, 1.54) is 25.7 Å². The van der Waals surface area contributed by atoms with E-state index in [2.05, 4.69) is 51.1 Å². The molecule has 6 atom stereocenters. The molecule has 4 saturated carbocycles. The summed E-state index contributed by atoms with van der Waals surface area (Å²) >= 11 is 0. The van der Waals surface area contributed by atoms with Gasteiger partial charge in [-0.2, -0.15) is 0 Å². The molecule has 0 heteroatoms. The minimum absolute atomic E-state index is 0.482. The van der Waals surface area contributed by atoms with Gasteiger partial charge in [0.15, 0.2) is 0 Å². The second-order valence-electron chi connectivity index (χ2n) is 8.82. The fourth-order valence-corrected chi connectivity index (χ4v) is 6.46. The van der Waals surface area contributed by atoms with Crippen LogP contribution in [0.2, 0.25) is 0 Å².